The van der Waals surface area contributed by atoms with Crippen molar-refractivity contribution in [2.24, 2.45) is 0 Å². The molecule has 0 spiro atoms. The normalized spacial score (nSPS) is 10.4. The van der Waals surface area contributed by atoms with Crippen molar-refractivity contribution >= 4 is 27.3 Å². The Labute approximate surface area is 119 Å². The summed E-state index contributed by atoms with van der Waals surface area (Å²) >= 11 is 5.08. The minimum Gasteiger partial charge on any atom is -0.239 e. The third-order valence-electron chi connectivity index (χ3n) is 2.79. The van der Waals surface area contributed by atoms with Crippen LogP contribution in [0.1, 0.15) is 22.4 Å². The molecular weight excluding hydrogens is 308 g/mol. The maximum Gasteiger partial charge on any atom is 0.125 e. The Morgan fingerprint density at radius 2 is 1.89 bits per heavy atom. The summed E-state index contributed by atoms with van der Waals surface area (Å²) in [5.74, 6) is 0. The summed E-state index contributed by atoms with van der Waals surface area (Å²) in [4.78, 5) is 4.57. The first-order valence-electron chi connectivity index (χ1n) is 5.63. The molecule has 0 saturated carbocycles. The third-order valence-corrected chi connectivity index (χ3v) is 4.63. The predicted molar refractivity (Wildman–Crippen MR) is 78.8 cm³/mol. The van der Waals surface area contributed by atoms with E-state index in [9.17, 15) is 0 Å². The van der Waals surface area contributed by atoms with Crippen LogP contribution in [0.5, 0.6) is 0 Å². The molecule has 0 aliphatic heterocycles. The van der Waals surface area contributed by atoms with Crippen molar-refractivity contribution in [2.75, 3.05) is 0 Å². The summed E-state index contributed by atoms with van der Waals surface area (Å²) in [6.07, 6.45) is 0.348. The molecule has 92 valence electrons. The molecular formula is C14H13BrN2S. The Kier molecular flexibility index (Phi) is 3.84. The zero-order valence-corrected chi connectivity index (χ0v) is 12.9. The fourth-order valence-electron chi connectivity index (χ4n) is 2.14. The van der Waals surface area contributed by atoms with Crippen LogP contribution in [0.3, 0.4) is 0 Å². The van der Waals surface area contributed by atoms with Gasteiger partial charge in [0.05, 0.1) is 22.0 Å². The van der Waals surface area contributed by atoms with Crippen molar-refractivity contribution in [1.29, 1.82) is 5.26 Å². The van der Waals surface area contributed by atoms with Gasteiger partial charge in [-0.1, -0.05) is 17.7 Å². The quantitative estimate of drug-likeness (QED) is 0.813. The second-order valence-corrected chi connectivity index (χ2v) is 6.66. The average Bonchev–Trinajstić information content (AvgIpc) is 2.59. The molecule has 0 amide bonds. The molecule has 0 bridgehead atoms. The summed E-state index contributed by atoms with van der Waals surface area (Å²) in [6, 6.07) is 6.48. The molecule has 0 aliphatic rings. The lowest BCUT2D eigenvalue weighted by Crippen LogP contribution is -1.90. The molecule has 4 heteroatoms. The predicted octanol–water partition coefficient (Wildman–Crippen LogP) is 4.56. The standard InChI is InChI=1S/C14H13BrN2S/c1-8-6-9(2)12(10(3)7-8)14-17-11(4-5-16)13(15)18-14/h6-7H,4H2,1-3H3. The van der Waals surface area contributed by atoms with E-state index in [0.717, 1.165) is 14.5 Å². The van der Waals surface area contributed by atoms with E-state index < -0.39 is 0 Å². The number of nitriles is 1. The molecule has 0 fully saturated rings. The van der Waals surface area contributed by atoms with Crippen LogP contribution >= 0.6 is 27.3 Å². The summed E-state index contributed by atoms with van der Waals surface area (Å²) in [5.41, 5.74) is 5.75. The van der Waals surface area contributed by atoms with E-state index in [4.69, 9.17) is 5.26 Å². The Balaban J connectivity index is 2.56. The lowest BCUT2D eigenvalue weighted by atomic mass is 10.0. The number of nitrogens with zero attached hydrogens (tertiary/aromatic N) is 2. The van der Waals surface area contributed by atoms with Crippen LogP contribution in [-0.2, 0) is 6.42 Å². The van der Waals surface area contributed by atoms with Gasteiger partial charge in [0, 0.05) is 5.56 Å². The van der Waals surface area contributed by atoms with Gasteiger partial charge in [0.25, 0.3) is 0 Å². The second-order valence-electron chi connectivity index (χ2n) is 4.35. The first kappa shape index (κ1) is 13.3. The number of aromatic nitrogens is 1. The van der Waals surface area contributed by atoms with Gasteiger partial charge in [-0.25, -0.2) is 4.98 Å². The van der Waals surface area contributed by atoms with E-state index in [0.29, 0.717) is 6.42 Å². The van der Waals surface area contributed by atoms with Crippen LogP contribution in [0.25, 0.3) is 10.6 Å². The number of hydrogen-bond acceptors (Lipinski definition) is 3. The number of benzene rings is 1. The summed E-state index contributed by atoms with van der Waals surface area (Å²) in [6.45, 7) is 6.31. The summed E-state index contributed by atoms with van der Waals surface area (Å²) in [5, 5.41) is 9.75. The van der Waals surface area contributed by atoms with Gasteiger partial charge in [0.2, 0.25) is 0 Å². The first-order chi connectivity index (χ1) is 8.52. The van der Waals surface area contributed by atoms with E-state index >= 15 is 0 Å². The Morgan fingerprint density at radius 1 is 1.28 bits per heavy atom. The van der Waals surface area contributed by atoms with Gasteiger partial charge in [0.1, 0.15) is 5.01 Å². The van der Waals surface area contributed by atoms with Gasteiger partial charge < -0.3 is 0 Å². The number of thiazole rings is 1. The van der Waals surface area contributed by atoms with Gasteiger partial charge >= 0.3 is 0 Å². The summed E-state index contributed by atoms with van der Waals surface area (Å²) < 4.78 is 0.957. The van der Waals surface area contributed by atoms with Crippen LogP contribution in [-0.4, -0.2) is 4.98 Å². The molecule has 1 aromatic carbocycles. The second kappa shape index (κ2) is 5.21. The first-order valence-corrected chi connectivity index (χ1v) is 7.24. The smallest absolute Gasteiger partial charge is 0.125 e. The third kappa shape index (κ3) is 2.47. The lowest BCUT2D eigenvalue weighted by molar-refractivity contribution is 1.14. The molecule has 0 aliphatic carbocycles. The molecule has 2 aromatic rings. The zero-order valence-electron chi connectivity index (χ0n) is 10.5. The highest BCUT2D eigenvalue weighted by atomic mass is 79.9. The highest BCUT2D eigenvalue weighted by molar-refractivity contribution is 9.11. The van der Waals surface area contributed by atoms with E-state index in [1.165, 1.54) is 22.3 Å². The van der Waals surface area contributed by atoms with Gasteiger partial charge in [-0.05, 0) is 47.8 Å². The number of rotatable bonds is 2. The van der Waals surface area contributed by atoms with Crippen molar-refractivity contribution in [2.45, 2.75) is 27.2 Å². The minimum atomic E-state index is 0.348. The van der Waals surface area contributed by atoms with E-state index in [1.54, 1.807) is 11.3 Å². The van der Waals surface area contributed by atoms with Crippen molar-refractivity contribution in [3.8, 4) is 16.6 Å². The topological polar surface area (TPSA) is 36.7 Å². The van der Waals surface area contributed by atoms with Crippen molar-refractivity contribution in [3.63, 3.8) is 0 Å². The molecule has 18 heavy (non-hydrogen) atoms. The van der Waals surface area contributed by atoms with Gasteiger partial charge in [-0.3, -0.25) is 0 Å². The largest absolute Gasteiger partial charge is 0.239 e. The Bertz CT molecular complexity index is 615. The molecule has 0 saturated heterocycles. The molecule has 1 heterocycles. The molecule has 0 unspecified atom stereocenters. The number of hydrogen-bond donors (Lipinski definition) is 0. The Hall–Kier alpha value is -1.18. The van der Waals surface area contributed by atoms with Crippen LogP contribution < -0.4 is 0 Å². The zero-order chi connectivity index (χ0) is 13.3. The molecule has 0 radical (unpaired) electrons. The van der Waals surface area contributed by atoms with Gasteiger partial charge in [-0.2, -0.15) is 5.26 Å². The van der Waals surface area contributed by atoms with E-state index in [2.05, 4.69) is 59.9 Å². The molecule has 0 atom stereocenters. The molecule has 1 aromatic heterocycles. The maximum absolute atomic E-state index is 8.76. The summed E-state index contributed by atoms with van der Waals surface area (Å²) in [7, 11) is 0. The van der Waals surface area contributed by atoms with Crippen LogP contribution in [0.4, 0.5) is 0 Å². The highest BCUT2D eigenvalue weighted by Gasteiger charge is 2.14. The average molecular weight is 321 g/mol. The fourth-order valence-corrected chi connectivity index (χ4v) is 3.82. The van der Waals surface area contributed by atoms with Crippen molar-refractivity contribution in [1.82, 2.24) is 4.98 Å². The molecule has 2 rings (SSSR count). The lowest BCUT2D eigenvalue weighted by Gasteiger charge is -2.08. The number of aryl methyl sites for hydroxylation is 3. The maximum atomic E-state index is 8.76. The number of halogens is 1. The monoisotopic (exact) mass is 320 g/mol. The Morgan fingerprint density at radius 3 is 2.44 bits per heavy atom. The van der Waals surface area contributed by atoms with E-state index in [1.807, 2.05) is 0 Å². The fraction of sp³-hybridized carbons (Fsp3) is 0.286. The molecule has 2 nitrogen and oxygen atoms in total. The highest BCUT2D eigenvalue weighted by Crippen LogP contribution is 2.36. The van der Waals surface area contributed by atoms with Crippen molar-refractivity contribution < 1.29 is 0 Å². The van der Waals surface area contributed by atoms with E-state index in [-0.39, 0.29) is 0 Å². The SMILES string of the molecule is Cc1cc(C)c(-c2nc(CC#N)c(Br)s2)c(C)c1. The van der Waals surface area contributed by atoms with Gasteiger partial charge in [0.15, 0.2) is 0 Å². The minimum absolute atomic E-state index is 0.348. The van der Waals surface area contributed by atoms with Gasteiger partial charge in [-0.15, -0.1) is 11.3 Å². The van der Waals surface area contributed by atoms with Crippen LogP contribution in [0.15, 0.2) is 15.9 Å². The van der Waals surface area contributed by atoms with Crippen LogP contribution in [0, 0.1) is 32.1 Å². The van der Waals surface area contributed by atoms with Crippen molar-refractivity contribution in [3.05, 3.63) is 38.3 Å². The van der Waals surface area contributed by atoms with Crippen LogP contribution in [0.2, 0.25) is 0 Å². The molecule has 0 N–H and O–H groups in total.